The maximum Gasteiger partial charge on any atom is 0.257 e. The van der Waals surface area contributed by atoms with Crippen LogP contribution in [0.1, 0.15) is 23.2 Å². The normalized spacial score (nSPS) is 15.1. The molecule has 0 aromatic carbocycles. The number of halogens is 2. The number of amides is 1. The van der Waals surface area contributed by atoms with Crippen LogP contribution >= 0.6 is 0 Å². The summed E-state index contributed by atoms with van der Waals surface area (Å²) >= 11 is 0. The monoisotopic (exact) mass is 212 g/mol. The summed E-state index contributed by atoms with van der Waals surface area (Å²) < 4.78 is 26.0. The van der Waals surface area contributed by atoms with Gasteiger partial charge in [0.15, 0.2) is 5.82 Å². The Balaban J connectivity index is 2.28. The Hall–Kier alpha value is -1.52. The molecule has 15 heavy (non-hydrogen) atoms. The molecule has 1 aliphatic carbocycles. The van der Waals surface area contributed by atoms with Gasteiger partial charge in [-0.15, -0.1) is 0 Å². The molecule has 0 radical (unpaired) electrons. The maximum absolute atomic E-state index is 13.2. The summed E-state index contributed by atoms with van der Waals surface area (Å²) in [5, 5.41) is 0. The number of rotatable bonds is 2. The molecular formula is C10H10F2N2O. The molecule has 0 aliphatic heterocycles. The first-order chi connectivity index (χ1) is 7.11. The van der Waals surface area contributed by atoms with Gasteiger partial charge in [-0.3, -0.25) is 4.79 Å². The summed E-state index contributed by atoms with van der Waals surface area (Å²) in [5.41, 5.74) is -0.253. The molecule has 0 spiro atoms. The van der Waals surface area contributed by atoms with E-state index in [2.05, 4.69) is 4.98 Å². The van der Waals surface area contributed by atoms with Crippen molar-refractivity contribution in [2.75, 3.05) is 7.05 Å². The highest BCUT2D eigenvalue weighted by Crippen LogP contribution is 2.27. The Labute approximate surface area is 85.7 Å². The molecule has 0 atom stereocenters. The standard InChI is InChI=1S/C10H10F2N2O/c1-14(6-2-3-6)10(15)7-4-5-13-9(12)8(7)11/h4-6H,2-3H2,1H3. The van der Waals surface area contributed by atoms with Gasteiger partial charge in [-0.1, -0.05) is 0 Å². The fraction of sp³-hybridized carbons (Fsp3) is 0.400. The Morgan fingerprint density at radius 3 is 2.80 bits per heavy atom. The molecular weight excluding hydrogens is 202 g/mol. The summed E-state index contributed by atoms with van der Waals surface area (Å²) in [7, 11) is 1.60. The molecule has 0 unspecified atom stereocenters. The van der Waals surface area contributed by atoms with Crippen molar-refractivity contribution in [2.24, 2.45) is 0 Å². The van der Waals surface area contributed by atoms with Crippen LogP contribution in [-0.2, 0) is 0 Å². The number of hydrogen-bond acceptors (Lipinski definition) is 2. The molecule has 1 saturated carbocycles. The molecule has 1 aromatic heterocycles. The first-order valence-corrected chi connectivity index (χ1v) is 4.68. The van der Waals surface area contributed by atoms with Gasteiger partial charge in [-0.05, 0) is 18.9 Å². The van der Waals surface area contributed by atoms with Crippen LogP contribution in [0.15, 0.2) is 12.3 Å². The van der Waals surface area contributed by atoms with Gasteiger partial charge in [0.25, 0.3) is 5.91 Å². The molecule has 2 rings (SSSR count). The van der Waals surface area contributed by atoms with Crippen molar-refractivity contribution in [1.29, 1.82) is 0 Å². The minimum absolute atomic E-state index is 0.174. The molecule has 3 nitrogen and oxygen atoms in total. The average molecular weight is 212 g/mol. The Kier molecular flexibility index (Phi) is 2.38. The Morgan fingerprint density at radius 2 is 2.20 bits per heavy atom. The number of aromatic nitrogens is 1. The van der Waals surface area contributed by atoms with Gasteiger partial charge < -0.3 is 4.90 Å². The van der Waals surface area contributed by atoms with Crippen LogP contribution in [0.3, 0.4) is 0 Å². The van der Waals surface area contributed by atoms with Gasteiger partial charge >= 0.3 is 0 Å². The molecule has 5 heteroatoms. The third-order valence-electron chi connectivity index (χ3n) is 2.49. The van der Waals surface area contributed by atoms with E-state index in [0.29, 0.717) is 0 Å². The lowest BCUT2D eigenvalue weighted by atomic mass is 10.2. The molecule has 80 valence electrons. The predicted molar refractivity (Wildman–Crippen MR) is 49.3 cm³/mol. The van der Waals surface area contributed by atoms with E-state index in [0.717, 1.165) is 19.0 Å². The lowest BCUT2D eigenvalue weighted by Gasteiger charge is -2.16. The number of pyridine rings is 1. The Bertz CT molecular complexity index is 404. The van der Waals surface area contributed by atoms with Crippen LogP contribution in [-0.4, -0.2) is 28.9 Å². The van der Waals surface area contributed by atoms with Crippen LogP contribution in [0.5, 0.6) is 0 Å². The lowest BCUT2D eigenvalue weighted by molar-refractivity contribution is 0.0779. The summed E-state index contributed by atoms with van der Waals surface area (Å²) in [4.78, 5) is 16.3. The smallest absolute Gasteiger partial charge is 0.257 e. The lowest BCUT2D eigenvalue weighted by Crippen LogP contribution is -2.29. The van der Waals surface area contributed by atoms with Crippen molar-refractivity contribution >= 4 is 5.91 Å². The minimum Gasteiger partial charge on any atom is -0.339 e. The van der Waals surface area contributed by atoms with Crippen molar-refractivity contribution in [2.45, 2.75) is 18.9 Å². The highest BCUT2D eigenvalue weighted by molar-refractivity contribution is 5.94. The van der Waals surface area contributed by atoms with E-state index in [1.165, 1.54) is 11.0 Å². The van der Waals surface area contributed by atoms with E-state index in [4.69, 9.17) is 0 Å². The molecule has 0 bridgehead atoms. The average Bonchev–Trinajstić information content (AvgIpc) is 3.03. The predicted octanol–water partition coefficient (Wildman–Crippen LogP) is 1.59. The second kappa shape index (κ2) is 3.56. The van der Waals surface area contributed by atoms with Gasteiger partial charge in [0.2, 0.25) is 5.95 Å². The van der Waals surface area contributed by atoms with Crippen LogP contribution in [0.4, 0.5) is 8.78 Å². The molecule has 1 aromatic rings. The van der Waals surface area contributed by atoms with Gasteiger partial charge in [-0.25, -0.2) is 9.37 Å². The van der Waals surface area contributed by atoms with E-state index in [-0.39, 0.29) is 11.6 Å². The molecule has 1 fully saturated rings. The van der Waals surface area contributed by atoms with Crippen LogP contribution in [0, 0.1) is 11.8 Å². The highest BCUT2D eigenvalue weighted by Gasteiger charge is 2.31. The van der Waals surface area contributed by atoms with Gasteiger partial charge in [0.05, 0.1) is 5.56 Å². The first-order valence-electron chi connectivity index (χ1n) is 4.68. The topological polar surface area (TPSA) is 33.2 Å². The molecule has 1 amide bonds. The van der Waals surface area contributed by atoms with Crippen molar-refractivity contribution in [3.05, 3.63) is 29.6 Å². The Morgan fingerprint density at radius 1 is 1.53 bits per heavy atom. The van der Waals surface area contributed by atoms with Crippen molar-refractivity contribution in [3.8, 4) is 0 Å². The second-order valence-electron chi connectivity index (χ2n) is 3.61. The summed E-state index contributed by atoms with van der Waals surface area (Å²) in [6, 6.07) is 1.37. The third-order valence-corrected chi connectivity index (χ3v) is 2.49. The molecule has 1 aliphatic rings. The van der Waals surface area contributed by atoms with E-state index < -0.39 is 17.7 Å². The van der Waals surface area contributed by atoms with Crippen LogP contribution < -0.4 is 0 Å². The van der Waals surface area contributed by atoms with Crippen LogP contribution in [0.2, 0.25) is 0 Å². The fourth-order valence-corrected chi connectivity index (χ4v) is 1.40. The number of hydrogen-bond donors (Lipinski definition) is 0. The fourth-order valence-electron chi connectivity index (χ4n) is 1.40. The second-order valence-corrected chi connectivity index (χ2v) is 3.61. The zero-order chi connectivity index (χ0) is 11.0. The first kappa shape index (κ1) is 10.0. The minimum atomic E-state index is -1.23. The van der Waals surface area contributed by atoms with E-state index >= 15 is 0 Å². The van der Waals surface area contributed by atoms with Crippen molar-refractivity contribution in [3.63, 3.8) is 0 Å². The summed E-state index contributed by atoms with van der Waals surface area (Å²) in [6.07, 6.45) is 2.95. The summed E-state index contributed by atoms with van der Waals surface area (Å²) in [6.45, 7) is 0. The molecule has 0 saturated heterocycles. The number of nitrogens with zero attached hydrogens (tertiary/aromatic N) is 2. The number of carbonyl (C=O) groups excluding carboxylic acids is 1. The van der Waals surface area contributed by atoms with Crippen molar-refractivity contribution < 1.29 is 13.6 Å². The SMILES string of the molecule is CN(C(=O)c1ccnc(F)c1F)C1CC1. The highest BCUT2D eigenvalue weighted by atomic mass is 19.2. The maximum atomic E-state index is 13.2. The van der Waals surface area contributed by atoms with E-state index in [9.17, 15) is 13.6 Å². The zero-order valence-electron chi connectivity index (χ0n) is 8.20. The van der Waals surface area contributed by atoms with E-state index in [1.54, 1.807) is 7.05 Å². The third kappa shape index (κ3) is 1.82. The zero-order valence-corrected chi connectivity index (χ0v) is 8.20. The molecule has 0 N–H and O–H groups in total. The van der Waals surface area contributed by atoms with E-state index in [1.807, 2.05) is 0 Å². The van der Waals surface area contributed by atoms with Crippen molar-refractivity contribution in [1.82, 2.24) is 9.88 Å². The largest absolute Gasteiger partial charge is 0.339 e. The van der Waals surface area contributed by atoms with Crippen LogP contribution in [0.25, 0.3) is 0 Å². The van der Waals surface area contributed by atoms with Gasteiger partial charge in [-0.2, -0.15) is 4.39 Å². The quantitative estimate of drug-likeness (QED) is 0.697. The van der Waals surface area contributed by atoms with Gasteiger partial charge in [0, 0.05) is 19.3 Å². The van der Waals surface area contributed by atoms with Gasteiger partial charge in [0.1, 0.15) is 0 Å². The molecule has 1 heterocycles. The number of carbonyl (C=O) groups is 1. The summed E-state index contributed by atoms with van der Waals surface area (Å²) in [5.74, 6) is -2.89.